The van der Waals surface area contributed by atoms with Gasteiger partial charge in [-0.05, 0) is 55.2 Å². The number of benzene rings is 2. The van der Waals surface area contributed by atoms with Crippen molar-refractivity contribution in [3.8, 4) is 5.75 Å². The Labute approximate surface area is 166 Å². The summed E-state index contributed by atoms with van der Waals surface area (Å²) in [6.45, 7) is 8.57. The van der Waals surface area contributed by atoms with Gasteiger partial charge in [0.1, 0.15) is 12.4 Å². The molecule has 0 saturated carbocycles. The summed E-state index contributed by atoms with van der Waals surface area (Å²) in [6.07, 6.45) is 0. The highest BCUT2D eigenvalue weighted by Gasteiger charge is 2.14. The molecule has 28 heavy (non-hydrogen) atoms. The lowest BCUT2D eigenvalue weighted by Crippen LogP contribution is -2.13. The molecule has 1 amide bonds. The number of aromatic nitrogens is 2. The smallest absolute Gasteiger partial charge is 0.255 e. The molecule has 1 heterocycles. The third kappa shape index (κ3) is 4.42. The van der Waals surface area contributed by atoms with Gasteiger partial charge in [0.15, 0.2) is 0 Å². The summed E-state index contributed by atoms with van der Waals surface area (Å²) >= 11 is 0. The van der Waals surface area contributed by atoms with Crippen LogP contribution in [-0.2, 0) is 13.7 Å². The molecule has 1 aromatic heterocycles. The fourth-order valence-corrected chi connectivity index (χ4v) is 3.06. The second-order valence-corrected chi connectivity index (χ2v) is 7.34. The van der Waals surface area contributed by atoms with Gasteiger partial charge in [0.25, 0.3) is 5.91 Å². The quantitative estimate of drug-likeness (QED) is 0.658. The van der Waals surface area contributed by atoms with E-state index in [9.17, 15) is 4.79 Å². The first-order valence-electron chi connectivity index (χ1n) is 9.48. The Morgan fingerprint density at radius 1 is 1.14 bits per heavy atom. The Kier molecular flexibility index (Phi) is 5.83. The molecule has 0 atom stereocenters. The van der Waals surface area contributed by atoms with Gasteiger partial charge in [0, 0.05) is 12.6 Å². The van der Waals surface area contributed by atoms with Gasteiger partial charge in [0.05, 0.1) is 17.1 Å². The number of nitrogens with one attached hydrogen (secondary N) is 1. The number of aryl methyl sites for hydroxylation is 2. The molecule has 0 spiro atoms. The number of carbonyl (C=O) groups is 1. The summed E-state index contributed by atoms with van der Waals surface area (Å²) in [7, 11) is 1.86. The fraction of sp³-hybridized carbons (Fsp3) is 0.304. The Morgan fingerprint density at radius 2 is 1.86 bits per heavy atom. The Balaban J connectivity index is 1.67. The lowest BCUT2D eigenvalue weighted by atomic mass is 10.0. The number of amides is 1. The maximum absolute atomic E-state index is 12.7. The van der Waals surface area contributed by atoms with Crippen LogP contribution >= 0.6 is 0 Å². The summed E-state index contributed by atoms with van der Waals surface area (Å²) in [5.41, 5.74) is 5.32. The first-order chi connectivity index (χ1) is 13.3. The van der Waals surface area contributed by atoms with E-state index in [4.69, 9.17) is 4.74 Å². The first kappa shape index (κ1) is 19.7. The van der Waals surface area contributed by atoms with Crippen molar-refractivity contribution in [1.29, 1.82) is 0 Å². The minimum atomic E-state index is -0.151. The Hall–Kier alpha value is -3.08. The number of hydrogen-bond donors (Lipinski definition) is 1. The predicted octanol–water partition coefficient (Wildman–Crippen LogP) is 4.99. The van der Waals surface area contributed by atoms with Crippen LogP contribution in [0.1, 0.15) is 52.6 Å². The minimum absolute atomic E-state index is 0.151. The monoisotopic (exact) mass is 377 g/mol. The standard InChI is InChI=1S/C23H27N3O2/c1-15(2)19-9-11-21(12-10-19)28-14-18-7-6-8-20(13-18)23(27)24-22-16(3)25-26(5)17(22)4/h6-13,15H,14H2,1-5H3,(H,24,27). The SMILES string of the molecule is Cc1nn(C)c(C)c1NC(=O)c1cccc(COc2ccc(C(C)C)cc2)c1. The molecule has 1 N–H and O–H groups in total. The highest BCUT2D eigenvalue weighted by atomic mass is 16.5. The molecule has 3 aromatic rings. The van der Waals surface area contributed by atoms with Crippen LogP contribution in [0.4, 0.5) is 5.69 Å². The number of ether oxygens (including phenoxy) is 1. The molecule has 5 heteroatoms. The molecular formula is C23H27N3O2. The van der Waals surface area contributed by atoms with Crippen LogP contribution in [0.25, 0.3) is 0 Å². The van der Waals surface area contributed by atoms with Crippen molar-refractivity contribution >= 4 is 11.6 Å². The van der Waals surface area contributed by atoms with Crippen LogP contribution in [0.15, 0.2) is 48.5 Å². The van der Waals surface area contributed by atoms with Crippen molar-refractivity contribution in [3.05, 3.63) is 76.6 Å². The van der Waals surface area contributed by atoms with Crippen molar-refractivity contribution < 1.29 is 9.53 Å². The third-order valence-corrected chi connectivity index (χ3v) is 4.89. The van der Waals surface area contributed by atoms with Crippen LogP contribution in [-0.4, -0.2) is 15.7 Å². The first-order valence-corrected chi connectivity index (χ1v) is 9.48. The molecule has 3 rings (SSSR count). The van der Waals surface area contributed by atoms with Gasteiger partial charge in [-0.3, -0.25) is 9.48 Å². The number of rotatable bonds is 6. The summed E-state index contributed by atoms with van der Waals surface area (Å²) in [5.74, 6) is 1.17. The van der Waals surface area contributed by atoms with Gasteiger partial charge in [-0.1, -0.05) is 38.1 Å². The Bertz CT molecular complexity index is 972. The van der Waals surface area contributed by atoms with E-state index in [1.807, 2.05) is 51.2 Å². The number of anilines is 1. The molecule has 146 valence electrons. The van der Waals surface area contributed by atoms with Crippen LogP contribution < -0.4 is 10.1 Å². The Morgan fingerprint density at radius 3 is 2.46 bits per heavy atom. The van der Waals surface area contributed by atoms with Crippen LogP contribution in [0.5, 0.6) is 5.75 Å². The summed E-state index contributed by atoms with van der Waals surface area (Å²) < 4.78 is 7.64. The molecule has 2 aromatic carbocycles. The predicted molar refractivity (Wildman–Crippen MR) is 112 cm³/mol. The van der Waals surface area contributed by atoms with Gasteiger partial charge in [-0.2, -0.15) is 5.10 Å². The second-order valence-electron chi connectivity index (χ2n) is 7.34. The largest absolute Gasteiger partial charge is 0.489 e. The van der Waals surface area contributed by atoms with Crippen molar-refractivity contribution in [2.75, 3.05) is 5.32 Å². The van der Waals surface area contributed by atoms with Crippen molar-refractivity contribution in [3.63, 3.8) is 0 Å². The molecule has 0 unspecified atom stereocenters. The van der Waals surface area contributed by atoms with E-state index in [0.717, 1.165) is 28.4 Å². The van der Waals surface area contributed by atoms with Crippen LogP contribution in [0.2, 0.25) is 0 Å². The highest BCUT2D eigenvalue weighted by Crippen LogP contribution is 2.21. The van der Waals surface area contributed by atoms with E-state index in [2.05, 4.69) is 36.4 Å². The van der Waals surface area contributed by atoms with E-state index >= 15 is 0 Å². The molecule has 0 fully saturated rings. The maximum atomic E-state index is 12.7. The van der Waals surface area contributed by atoms with Gasteiger partial charge < -0.3 is 10.1 Å². The lowest BCUT2D eigenvalue weighted by Gasteiger charge is -2.10. The fourth-order valence-electron chi connectivity index (χ4n) is 3.06. The topological polar surface area (TPSA) is 56.2 Å². The molecule has 5 nitrogen and oxygen atoms in total. The molecule has 0 saturated heterocycles. The van der Waals surface area contributed by atoms with Crippen LogP contribution in [0.3, 0.4) is 0 Å². The van der Waals surface area contributed by atoms with Crippen molar-refractivity contribution in [1.82, 2.24) is 9.78 Å². The van der Waals surface area contributed by atoms with E-state index < -0.39 is 0 Å². The van der Waals surface area contributed by atoms with Crippen molar-refractivity contribution in [2.45, 2.75) is 40.2 Å². The lowest BCUT2D eigenvalue weighted by molar-refractivity contribution is 0.102. The molecule has 0 bridgehead atoms. The maximum Gasteiger partial charge on any atom is 0.255 e. The zero-order valence-corrected chi connectivity index (χ0v) is 17.1. The number of hydrogen-bond acceptors (Lipinski definition) is 3. The van der Waals surface area contributed by atoms with E-state index in [1.54, 1.807) is 10.7 Å². The van der Waals surface area contributed by atoms with Gasteiger partial charge in [0.2, 0.25) is 0 Å². The molecule has 0 radical (unpaired) electrons. The molecule has 0 aliphatic heterocycles. The second kappa shape index (κ2) is 8.30. The van der Waals surface area contributed by atoms with Crippen LogP contribution in [0, 0.1) is 13.8 Å². The van der Waals surface area contributed by atoms with Gasteiger partial charge in [-0.15, -0.1) is 0 Å². The number of nitrogens with zero attached hydrogens (tertiary/aromatic N) is 2. The normalized spacial score (nSPS) is 10.9. The zero-order valence-electron chi connectivity index (χ0n) is 17.1. The molecular weight excluding hydrogens is 350 g/mol. The summed E-state index contributed by atoms with van der Waals surface area (Å²) in [6, 6.07) is 15.6. The minimum Gasteiger partial charge on any atom is -0.489 e. The average Bonchev–Trinajstić information content (AvgIpc) is 2.93. The summed E-state index contributed by atoms with van der Waals surface area (Å²) in [5, 5.41) is 7.31. The van der Waals surface area contributed by atoms with Gasteiger partial charge in [-0.25, -0.2) is 0 Å². The van der Waals surface area contributed by atoms with Crippen molar-refractivity contribution in [2.24, 2.45) is 7.05 Å². The van der Waals surface area contributed by atoms with E-state index in [0.29, 0.717) is 18.1 Å². The zero-order chi connectivity index (χ0) is 20.3. The number of carbonyl (C=O) groups excluding carboxylic acids is 1. The van der Waals surface area contributed by atoms with E-state index in [1.165, 1.54) is 5.56 Å². The highest BCUT2D eigenvalue weighted by molar-refractivity contribution is 6.05. The van der Waals surface area contributed by atoms with Gasteiger partial charge >= 0.3 is 0 Å². The third-order valence-electron chi connectivity index (χ3n) is 4.89. The average molecular weight is 377 g/mol. The summed E-state index contributed by atoms with van der Waals surface area (Å²) in [4.78, 5) is 12.7. The molecule has 0 aliphatic rings. The van der Waals surface area contributed by atoms with E-state index in [-0.39, 0.29) is 5.91 Å². The molecule has 0 aliphatic carbocycles.